The van der Waals surface area contributed by atoms with Crippen molar-refractivity contribution in [2.24, 2.45) is 0 Å². The van der Waals surface area contributed by atoms with Crippen LogP contribution in [0.3, 0.4) is 0 Å². The molecule has 3 heteroatoms. The zero-order valence-corrected chi connectivity index (χ0v) is 11.4. The van der Waals surface area contributed by atoms with Gasteiger partial charge in [-0.3, -0.25) is 0 Å². The molecular formula is C15H23NO2. The number of nitrogens with zero attached hydrogens (tertiary/aromatic N) is 1. The normalized spacial score (nSPS) is 16.8. The van der Waals surface area contributed by atoms with Crippen LogP contribution in [0.15, 0.2) is 24.3 Å². The second-order valence-electron chi connectivity index (χ2n) is 4.73. The number of hydrogen-bond acceptors (Lipinski definition) is 3. The minimum Gasteiger partial charge on any atom is -0.372 e. The predicted octanol–water partition coefficient (Wildman–Crippen LogP) is 2.97. The van der Waals surface area contributed by atoms with Crippen LogP contribution in [-0.4, -0.2) is 32.6 Å². The smallest absolute Gasteiger partial charge is 0.159 e. The summed E-state index contributed by atoms with van der Waals surface area (Å²) in [5, 5.41) is 0. The summed E-state index contributed by atoms with van der Waals surface area (Å²) in [4.78, 5) is 2.36. The molecule has 2 rings (SSSR count). The fraction of sp³-hybridized carbons (Fsp3) is 0.600. The molecule has 1 aromatic carbocycles. The van der Waals surface area contributed by atoms with Gasteiger partial charge in [-0.25, -0.2) is 0 Å². The third-order valence-corrected chi connectivity index (χ3v) is 3.31. The summed E-state index contributed by atoms with van der Waals surface area (Å²) in [6.07, 6.45) is 1.94. The van der Waals surface area contributed by atoms with E-state index >= 15 is 0 Å². The van der Waals surface area contributed by atoms with Crippen molar-refractivity contribution in [1.29, 1.82) is 0 Å². The number of rotatable bonds is 5. The number of ether oxygens (including phenoxy) is 2. The zero-order valence-electron chi connectivity index (χ0n) is 11.4. The van der Waals surface area contributed by atoms with Gasteiger partial charge in [-0.05, 0) is 32.4 Å². The maximum atomic E-state index is 5.58. The fourth-order valence-corrected chi connectivity index (χ4v) is 2.19. The van der Waals surface area contributed by atoms with E-state index in [4.69, 9.17) is 9.47 Å². The van der Waals surface area contributed by atoms with E-state index in [9.17, 15) is 0 Å². The second kappa shape index (κ2) is 6.76. The van der Waals surface area contributed by atoms with E-state index in [1.807, 2.05) is 0 Å². The van der Waals surface area contributed by atoms with Gasteiger partial charge in [-0.2, -0.15) is 0 Å². The first kappa shape index (κ1) is 13.4. The number of aryl methyl sites for hydroxylation is 1. The van der Waals surface area contributed by atoms with Crippen LogP contribution in [0.4, 0.5) is 5.69 Å². The zero-order chi connectivity index (χ0) is 12.8. The van der Waals surface area contributed by atoms with Crippen molar-refractivity contribution in [3.05, 3.63) is 29.8 Å². The van der Waals surface area contributed by atoms with Crippen molar-refractivity contribution in [1.82, 2.24) is 0 Å². The highest BCUT2D eigenvalue weighted by molar-refractivity contribution is 5.47. The van der Waals surface area contributed by atoms with Crippen LogP contribution in [0, 0.1) is 6.92 Å². The van der Waals surface area contributed by atoms with Crippen LogP contribution in [0.5, 0.6) is 0 Å². The Morgan fingerprint density at radius 3 is 2.44 bits per heavy atom. The van der Waals surface area contributed by atoms with Gasteiger partial charge >= 0.3 is 0 Å². The van der Waals surface area contributed by atoms with Gasteiger partial charge in [0.25, 0.3) is 0 Å². The maximum Gasteiger partial charge on any atom is 0.159 e. The van der Waals surface area contributed by atoms with Crippen LogP contribution in [-0.2, 0) is 9.47 Å². The third-order valence-electron chi connectivity index (χ3n) is 3.31. The van der Waals surface area contributed by atoms with Gasteiger partial charge in [-0.15, -0.1) is 0 Å². The SMILES string of the molecule is CCN(CCC1OCCCO1)c1ccc(C)cc1. The third kappa shape index (κ3) is 3.72. The molecule has 100 valence electrons. The van der Waals surface area contributed by atoms with Crippen molar-refractivity contribution in [3.63, 3.8) is 0 Å². The summed E-state index contributed by atoms with van der Waals surface area (Å²) in [5.41, 5.74) is 2.58. The Balaban J connectivity index is 1.86. The minimum absolute atomic E-state index is 0.0155. The summed E-state index contributed by atoms with van der Waals surface area (Å²) in [7, 11) is 0. The first-order valence-corrected chi connectivity index (χ1v) is 6.84. The highest BCUT2D eigenvalue weighted by atomic mass is 16.7. The van der Waals surface area contributed by atoms with Crippen molar-refractivity contribution < 1.29 is 9.47 Å². The van der Waals surface area contributed by atoms with Crippen LogP contribution in [0.25, 0.3) is 0 Å². The van der Waals surface area contributed by atoms with Crippen molar-refractivity contribution in [2.45, 2.75) is 33.0 Å². The molecule has 0 radical (unpaired) electrons. The molecule has 1 aromatic rings. The van der Waals surface area contributed by atoms with E-state index in [2.05, 4.69) is 43.0 Å². The number of anilines is 1. The maximum absolute atomic E-state index is 5.58. The van der Waals surface area contributed by atoms with Gasteiger partial charge in [-0.1, -0.05) is 17.7 Å². The van der Waals surface area contributed by atoms with Crippen molar-refractivity contribution >= 4 is 5.69 Å². The van der Waals surface area contributed by atoms with Gasteiger partial charge in [0.05, 0.1) is 13.2 Å². The molecule has 1 aliphatic heterocycles. The monoisotopic (exact) mass is 249 g/mol. The van der Waals surface area contributed by atoms with Crippen LogP contribution in [0.2, 0.25) is 0 Å². The van der Waals surface area contributed by atoms with E-state index in [-0.39, 0.29) is 6.29 Å². The number of benzene rings is 1. The van der Waals surface area contributed by atoms with E-state index < -0.39 is 0 Å². The summed E-state index contributed by atoms with van der Waals surface area (Å²) in [6.45, 7) is 7.95. The molecule has 0 atom stereocenters. The van der Waals surface area contributed by atoms with Gasteiger partial charge < -0.3 is 14.4 Å². The van der Waals surface area contributed by atoms with E-state index in [1.54, 1.807) is 0 Å². The molecule has 0 aliphatic carbocycles. The molecule has 0 spiro atoms. The van der Waals surface area contributed by atoms with Crippen LogP contribution >= 0.6 is 0 Å². The lowest BCUT2D eigenvalue weighted by Gasteiger charge is -2.28. The Bertz CT molecular complexity index is 344. The topological polar surface area (TPSA) is 21.7 Å². The first-order chi connectivity index (χ1) is 8.79. The summed E-state index contributed by atoms with van der Waals surface area (Å²) >= 11 is 0. The van der Waals surface area contributed by atoms with E-state index in [0.29, 0.717) is 0 Å². The molecule has 18 heavy (non-hydrogen) atoms. The Hall–Kier alpha value is -1.06. The first-order valence-electron chi connectivity index (χ1n) is 6.84. The minimum atomic E-state index is -0.0155. The second-order valence-corrected chi connectivity index (χ2v) is 4.73. The van der Waals surface area contributed by atoms with Gasteiger partial charge in [0.15, 0.2) is 6.29 Å². The van der Waals surface area contributed by atoms with Gasteiger partial charge in [0.1, 0.15) is 0 Å². The van der Waals surface area contributed by atoms with E-state index in [0.717, 1.165) is 39.1 Å². The molecule has 1 aliphatic rings. The molecule has 1 fully saturated rings. The lowest BCUT2D eigenvalue weighted by atomic mass is 10.2. The predicted molar refractivity (Wildman–Crippen MR) is 74.0 cm³/mol. The van der Waals surface area contributed by atoms with Crippen molar-refractivity contribution in [2.75, 3.05) is 31.2 Å². The molecule has 0 unspecified atom stereocenters. The molecule has 1 saturated heterocycles. The Morgan fingerprint density at radius 1 is 1.17 bits per heavy atom. The number of hydrogen-bond donors (Lipinski definition) is 0. The highest BCUT2D eigenvalue weighted by Crippen LogP contribution is 2.17. The van der Waals surface area contributed by atoms with Crippen molar-refractivity contribution in [3.8, 4) is 0 Å². The summed E-state index contributed by atoms with van der Waals surface area (Å²) in [6, 6.07) is 8.68. The summed E-state index contributed by atoms with van der Waals surface area (Å²) in [5.74, 6) is 0. The van der Waals surface area contributed by atoms with Gasteiger partial charge in [0, 0.05) is 25.2 Å². The van der Waals surface area contributed by atoms with Crippen LogP contribution < -0.4 is 4.90 Å². The molecule has 0 saturated carbocycles. The highest BCUT2D eigenvalue weighted by Gasteiger charge is 2.15. The Labute approximate surface area is 110 Å². The molecule has 0 aromatic heterocycles. The van der Waals surface area contributed by atoms with E-state index in [1.165, 1.54) is 11.3 Å². The molecule has 3 nitrogen and oxygen atoms in total. The van der Waals surface area contributed by atoms with Crippen LogP contribution in [0.1, 0.15) is 25.3 Å². The average Bonchev–Trinajstić information content (AvgIpc) is 2.42. The molecular weight excluding hydrogens is 226 g/mol. The fourth-order valence-electron chi connectivity index (χ4n) is 2.19. The molecule has 0 N–H and O–H groups in total. The standard InChI is InChI=1S/C15H23NO2/c1-3-16(14-7-5-13(2)6-8-14)10-9-15-17-11-4-12-18-15/h5-8,15H,3-4,9-12H2,1-2H3. The Morgan fingerprint density at radius 2 is 1.83 bits per heavy atom. The lowest BCUT2D eigenvalue weighted by Crippen LogP contribution is -2.31. The Kier molecular flexibility index (Phi) is 5.02. The average molecular weight is 249 g/mol. The summed E-state index contributed by atoms with van der Waals surface area (Å²) < 4.78 is 11.2. The lowest BCUT2D eigenvalue weighted by molar-refractivity contribution is -0.179. The van der Waals surface area contributed by atoms with Gasteiger partial charge in [0.2, 0.25) is 0 Å². The quantitative estimate of drug-likeness (QED) is 0.800. The molecule has 0 amide bonds. The molecule has 0 bridgehead atoms. The largest absolute Gasteiger partial charge is 0.372 e. The molecule has 1 heterocycles.